The van der Waals surface area contributed by atoms with Crippen LogP contribution in [0, 0.1) is 0 Å². The normalized spacial score (nSPS) is 11.0. The molecule has 1 aromatic carbocycles. The van der Waals surface area contributed by atoms with Gasteiger partial charge < -0.3 is 5.32 Å². The lowest BCUT2D eigenvalue weighted by Crippen LogP contribution is -2.23. The van der Waals surface area contributed by atoms with Crippen LogP contribution in [0.25, 0.3) is 20.8 Å². The molecule has 0 atom stereocenters. The Kier molecular flexibility index (Phi) is 3.87. The number of nitrogens with one attached hydrogen (secondary N) is 1. The molecular weight excluding hydrogens is 340 g/mol. The number of thiazole rings is 1. The summed E-state index contributed by atoms with van der Waals surface area (Å²) < 4.78 is 2.82. The van der Waals surface area contributed by atoms with Crippen LogP contribution in [0.1, 0.15) is 15.5 Å². The molecule has 4 rings (SSSR count). The van der Waals surface area contributed by atoms with Gasteiger partial charge in [-0.2, -0.15) is 5.10 Å². The number of fused-ring (bicyclic) bond motifs is 1. The number of aromatic nitrogens is 3. The number of para-hydroxylation sites is 1. The SMILES string of the molecule is Cn1nc(-c2cccs2)cc1CNC(=O)c1nc2ccccc2s1. The number of benzene rings is 1. The summed E-state index contributed by atoms with van der Waals surface area (Å²) in [7, 11) is 1.89. The van der Waals surface area contributed by atoms with Crippen molar-refractivity contribution in [3.05, 3.63) is 58.5 Å². The first-order valence-corrected chi connectivity index (χ1v) is 9.11. The Morgan fingerprint density at radius 2 is 2.12 bits per heavy atom. The summed E-state index contributed by atoms with van der Waals surface area (Å²) in [6.07, 6.45) is 0. The summed E-state index contributed by atoms with van der Waals surface area (Å²) in [6, 6.07) is 13.8. The van der Waals surface area contributed by atoms with E-state index < -0.39 is 0 Å². The van der Waals surface area contributed by atoms with Crippen LogP contribution in [0.15, 0.2) is 47.8 Å². The molecule has 120 valence electrons. The monoisotopic (exact) mass is 354 g/mol. The fourth-order valence-electron chi connectivity index (χ4n) is 2.43. The molecular formula is C17H14N4OS2. The summed E-state index contributed by atoms with van der Waals surface area (Å²) in [4.78, 5) is 17.8. The molecule has 0 radical (unpaired) electrons. The van der Waals surface area contributed by atoms with Crippen LogP contribution in [-0.2, 0) is 13.6 Å². The van der Waals surface area contributed by atoms with E-state index in [1.54, 1.807) is 16.0 Å². The second-order valence-electron chi connectivity index (χ2n) is 5.29. The van der Waals surface area contributed by atoms with Gasteiger partial charge in [0.25, 0.3) is 5.91 Å². The van der Waals surface area contributed by atoms with Gasteiger partial charge in [0.1, 0.15) is 5.69 Å². The van der Waals surface area contributed by atoms with Gasteiger partial charge in [-0.3, -0.25) is 9.48 Å². The van der Waals surface area contributed by atoms with Gasteiger partial charge in [-0.05, 0) is 29.6 Å². The number of carbonyl (C=O) groups excluding carboxylic acids is 1. The third kappa shape index (κ3) is 2.83. The van der Waals surface area contributed by atoms with Gasteiger partial charge in [0.05, 0.1) is 27.3 Å². The van der Waals surface area contributed by atoms with Crippen molar-refractivity contribution in [2.45, 2.75) is 6.54 Å². The van der Waals surface area contributed by atoms with Crippen LogP contribution in [0.3, 0.4) is 0 Å². The Morgan fingerprint density at radius 3 is 2.92 bits per heavy atom. The molecule has 1 amide bonds. The van der Waals surface area contributed by atoms with Gasteiger partial charge in [0.2, 0.25) is 0 Å². The highest BCUT2D eigenvalue weighted by Gasteiger charge is 2.13. The molecule has 0 unspecified atom stereocenters. The number of thiophene rings is 1. The van der Waals surface area contributed by atoms with Gasteiger partial charge in [0, 0.05) is 7.05 Å². The average Bonchev–Trinajstić information content (AvgIpc) is 3.31. The van der Waals surface area contributed by atoms with E-state index in [0.717, 1.165) is 26.5 Å². The third-order valence-electron chi connectivity index (χ3n) is 3.67. The van der Waals surface area contributed by atoms with Gasteiger partial charge in [-0.25, -0.2) is 4.98 Å². The predicted molar refractivity (Wildman–Crippen MR) is 97.3 cm³/mol. The summed E-state index contributed by atoms with van der Waals surface area (Å²) >= 11 is 3.05. The molecule has 5 nitrogen and oxygen atoms in total. The van der Waals surface area contributed by atoms with Gasteiger partial charge >= 0.3 is 0 Å². The number of amides is 1. The molecule has 7 heteroatoms. The van der Waals surface area contributed by atoms with E-state index in [-0.39, 0.29) is 5.91 Å². The lowest BCUT2D eigenvalue weighted by molar-refractivity contribution is 0.0950. The largest absolute Gasteiger partial charge is 0.344 e. The zero-order chi connectivity index (χ0) is 16.5. The minimum absolute atomic E-state index is 0.157. The first-order valence-electron chi connectivity index (χ1n) is 7.41. The minimum Gasteiger partial charge on any atom is -0.344 e. The topological polar surface area (TPSA) is 59.8 Å². The molecule has 0 saturated carbocycles. The molecule has 3 aromatic heterocycles. The average molecular weight is 354 g/mol. The van der Waals surface area contributed by atoms with Crippen LogP contribution in [0.4, 0.5) is 0 Å². The van der Waals surface area contributed by atoms with E-state index in [1.165, 1.54) is 11.3 Å². The first-order chi connectivity index (χ1) is 11.7. The smallest absolute Gasteiger partial charge is 0.280 e. The summed E-state index contributed by atoms with van der Waals surface area (Å²) in [5.41, 5.74) is 2.73. The van der Waals surface area contributed by atoms with Crippen LogP contribution < -0.4 is 5.32 Å². The Balaban J connectivity index is 1.49. The highest BCUT2D eigenvalue weighted by molar-refractivity contribution is 7.20. The maximum Gasteiger partial charge on any atom is 0.280 e. The molecule has 0 aliphatic carbocycles. The number of rotatable bonds is 4. The Bertz CT molecular complexity index is 968. The third-order valence-corrected chi connectivity index (χ3v) is 5.60. The first kappa shape index (κ1) is 15.0. The molecule has 1 N–H and O–H groups in total. The van der Waals surface area contributed by atoms with Crippen molar-refractivity contribution in [2.24, 2.45) is 7.05 Å². The highest BCUT2D eigenvalue weighted by atomic mass is 32.1. The number of carbonyl (C=O) groups is 1. The van der Waals surface area contributed by atoms with E-state index in [9.17, 15) is 4.79 Å². The maximum atomic E-state index is 12.3. The number of hydrogen-bond donors (Lipinski definition) is 1. The Labute approximate surface area is 146 Å². The quantitative estimate of drug-likeness (QED) is 0.608. The number of nitrogens with zero attached hydrogens (tertiary/aromatic N) is 3. The van der Waals surface area contributed by atoms with Crippen LogP contribution in [0.5, 0.6) is 0 Å². The molecule has 4 aromatic rings. The molecule has 3 heterocycles. The van der Waals surface area contributed by atoms with Gasteiger partial charge in [-0.1, -0.05) is 18.2 Å². The van der Waals surface area contributed by atoms with Crippen molar-refractivity contribution in [3.8, 4) is 10.6 Å². The zero-order valence-corrected chi connectivity index (χ0v) is 14.5. The molecule has 0 aliphatic heterocycles. The van der Waals surface area contributed by atoms with Crippen molar-refractivity contribution in [2.75, 3.05) is 0 Å². The van der Waals surface area contributed by atoms with E-state index in [1.807, 2.05) is 54.9 Å². The van der Waals surface area contributed by atoms with Crippen molar-refractivity contribution in [1.29, 1.82) is 0 Å². The second kappa shape index (κ2) is 6.18. The lowest BCUT2D eigenvalue weighted by atomic mass is 10.3. The van der Waals surface area contributed by atoms with Crippen LogP contribution in [0.2, 0.25) is 0 Å². The summed E-state index contributed by atoms with van der Waals surface area (Å²) in [6.45, 7) is 0.420. The second-order valence-corrected chi connectivity index (χ2v) is 7.27. The predicted octanol–water partition coefficient (Wildman–Crippen LogP) is 3.69. The van der Waals surface area contributed by atoms with E-state index in [4.69, 9.17) is 0 Å². The lowest BCUT2D eigenvalue weighted by Gasteiger charge is -2.02. The van der Waals surface area contributed by atoms with Crippen molar-refractivity contribution in [1.82, 2.24) is 20.1 Å². The Morgan fingerprint density at radius 1 is 1.25 bits per heavy atom. The van der Waals surface area contributed by atoms with Crippen LogP contribution >= 0.6 is 22.7 Å². The Hall–Kier alpha value is -2.51. The summed E-state index contributed by atoms with van der Waals surface area (Å²) in [5, 5.41) is 9.94. The fraction of sp³-hybridized carbons (Fsp3) is 0.118. The molecule has 0 bridgehead atoms. The van der Waals surface area contributed by atoms with Crippen molar-refractivity contribution in [3.63, 3.8) is 0 Å². The maximum absolute atomic E-state index is 12.3. The molecule has 0 saturated heterocycles. The summed E-state index contributed by atoms with van der Waals surface area (Å²) in [5.74, 6) is -0.157. The van der Waals surface area contributed by atoms with Crippen LogP contribution in [-0.4, -0.2) is 20.7 Å². The molecule has 0 fully saturated rings. The minimum atomic E-state index is -0.157. The van der Waals surface area contributed by atoms with Crippen molar-refractivity contribution >= 4 is 38.8 Å². The van der Waals surface area contributed by atoms with Gasteiger partial charge in [0.15, 0.2) is 5.01 Å². The molecule has 0 spiro atoms. The van der Waals surface area contributed by atoms with Crippen molar-refractivity contribution < 1.29 is 4.79 Å². The van der Waals surface area contributed by atoms with E-state index in [0.29, 0.717) is 11.6 Å². The molecule has 0 aliphatic rings. The fourth-order valence-corrected chi connectivity index (χ4v) is 4.00. The van der Waals surface area contributed by atoms with Gasteiger partial charge in [-0.15, -0.1) is 22.7 Å². The van der Waals surface area contributed by atoms with E-state index >= 15 is 0 Å². The molecule has 24 heavy (non-hydrogen) atoms. The standard InChI is InChI=1S/C17H14N4OS2/c1-21-11(9-13(20-21)14-7-4-8-23-14)10-18-16(22)17-19-12-5-2-3-6-15(12)24-17/h2-9H,10H2,1H3,(H,18,22). The highest BCUT2D eigenvalue weighted by Crippen LogP contribution is 2.24. The number of aryl methyl sites for hydroxylation is 1. The number of hydrogen-bond acceptors (Lipinski definition) is 5. The van der Waals surface area contributed by atoms with E-state index in [2.05, 4.69) is 15.4 Å². The zero-order valence-electron chi connectivity index (χ0n) is 12.9.